The van der Waals surface area contributed by atoms with Gasteiger partial charge >= 0.3 is 0 Å². The van der Waals surface area contributed by atoms with E-state index in [1.54, 1.807) is 12.3 Å². The number of carbonyl (C=O) groups excluding carboxylic acids is 1. The molecule has 4 N–H and O–H groups in total. The van der Waals surface area contributed by atoms with Crippen LogP contribution in [0.2, 0.25) is 0 Å². The van der Waals surface area contributed by atoms with Crippen molar-refractivity contribution in [1.82, 2.24) is 4.98 Å². The zero-order valence-electron chi connectivity index (χ0n) is 12.7. The molecule has 0 saturated heterocycles. The van der Waals surface area contributed by atoms with Crippen LogP contribution in [0.15, 0.2) is 51.5 Å². The normalized spacial score (nSPS) is 13.7. The number of aromatic nitrogens is 1. The summed E-state index contributed by atoms with van der Waals surface area (Å²) in [6.45, 7) is 1.48. The Hall–Kier alpha value is -1.70. The van der Waals surface area contributed by atoms with Crippen molar-refractivity contribution in [2.75, 3.05) is 5.32 Å². The Balaban J connectivity index is 1.95. The van der Waals surface area contributed by atoms with Crippen LogP contribution in [-0.2, 0) is 10.3 Å². The third kappa shape index (κ3) is 3.11. The summed E-state index contributed by atoms with van der Waals surface area (Å²) in [6.07, 6.45) is 1.68. The van der Waals surface area contributed by atoms with Gasteiger partial charge in [-0.1, -0.05) is 31.9 Å². The Morgan fingerprint density at radius 2 is 1.88 bits per heavy atom. The molecule has 3 rings (SSSR count). The molecule has 7 heteroatoms. The van der Waals surface area contributed by atoms with Crippen molar-refractivity contribution >= 4 is 54.4 Å². The number of rotatable bonds is 3. The van der Waals surface area contributed by atoms with Gasteiger partial charge in [-0.2, -0.15) is 0 Å². The summed E-state index contributed by atoms with van der Waals surface area (Å²) < 4.78 is 15.7. The topological polar surface area (TPSA) is 70.9 Å². The van der Waals surface area contributed by atoms with Crippen LogP contribution >= 0.6 is 31.9 Å². The summed E-state index contributed by atoms with van der Waals surface area (Å²) in [6, 6.07) is 10.0. The molecule has 0 aliphatic rings. The van der Waals surface area contributed by atoms with E-state index in [-0.39, 0.29) is 5.56 Å². The standard InChI is InChI=1S/C17H14Br2FN3O/c1-17(21,12-7-10(19)2-4-13(12)20)16(24)23-15-8-22-14-5-3-9(18)6-11(14)15/h2-8,22H,21H2,1H3,(H,23,24). The van der Waals surface area contributed by atoms with Crippen LogP contribution in [0.5, 0.6) is 0 Å². The lowest BCUT2D eigenvalue weighted by Crippen LogP contribution is -2.46. The fourth-order valence-electron chi connectivity index (χ4n) is 2.47. The molecule has 0 bridgehead atoms. The molecule has 4 nitrogen and oxygen atoms in total. The van der Waals surface area contributed by atoms with Gasteiger partial charge in [0.15, 0.2) is 0 Å². The smallest absolute Gasteiger partial charge is 0.248 e. The molecule has 0 fully saturated rings. The molecule has 1 unspecified atom stereocenters. The van der Waals surface area contributed by atoms with E-state index in [1.165, 1.54) is 19.1 Å². The van der Waals surface area contributed by atoms with Gasteiger partial charge in [0, 0.05) is 31.6 Å². The van der Waals surface area contributed by atoms with Crippen LogP contribution in [0, 0.1) is 5.82 Å². The van der Waals surface area contributed by atoms with Gasteiger partial charge in [-0.05, 0) is 43.3 Å². The summed E-state index contributed by atoms with van der Waals surface area (Å²) in [7, 11) is 0. The highest BCUT2D eigenvalue weighted by molar-refractivity contribution is 9.10. The summed E-state index contributed by atoms with van der Waals surface area (Å²) in [5.41, 5.74) is 6.21. The number of halogens is 3. The Kier molecular flexibility index (Phi) is 4.50. The SMILES string of the molecule is CC(N)(C(=O)Nc1c[nH]c2ccc(Br)cc12)c1cc(Br)ccc1F. The highest BCUT2D eigenvalue weighted by atomic mass is 79.9. The van der Waals surface area contributed by atoms with Gasteiger partial charge in [0.05, 0.1) is 5.69 Å². The maximum Gasteiger partial charge on any atom is 0.248 e. The molecular weight excluding hydrogens is 441 g/mol. The van der Waals surface area contributed by atoms with Gasteiger partial charge in [0.2, 0.25) is 5.91 Å². The first kappa shape index (κ1) is 17.1. The minimum Gasteiger partial charge on any atom is -0.359 e. The predicted molar refractivity (Wildman–Crippen MR) is 100 cm³/mol. The maximum atomic E-state index is 14.1. The number of hydrogen-bond donors (Lipinski definition) is 3. The highest BCUT2D eigenvalue weighted by Gasteiger charge is 2.34. The molecule has 0 saturated carbocycles. The molecule has 0 aliphatic carbocycles. The van der Waals surface area contributed by atoms with E-state index in [1.807, 2.05) is 18.2 Å². The summed E-state index contributed by atoms with van der Waals surface area (Å²) in [5.74, 6) is -1.03. The molecule has 124 valence electrons. The first-order valence-electron chi connectivity index (χ1n) is 7.11. The number of nitrogens with one attached hydrogen (secondary N) is 2. The van der Waals surface area contributed by atoms with E-state index in [9.17, 15) is 9.18 Å². The Labute approximate surface area is 154 Å². The first-order valence-corrected chi connectivity index (χ1v) is 8.70. The second-order valence-corrected chi connectivity index (χ2v) is 7.50. The van der Waals surface area contributed by atoms with Gasteiger partial charge in [0.1, 0.15) is 11.4 Å². The van der Waals surface area contributed by atoms with Crippen molar-refractivity contribution in [3.05, 3.63) is 62.9 Å². The summed E-state index contributed by atoms with van der Waals surface area (Å²) >= 11 is 6.68. The summed E-state index contributed by atoms with van der Waals surface area (Å²) in [5, 5.41) is 3.62. The van der Waals surface area contributed by atoms with Crippen molar-refractivity contribution in [1.29, 1.82) is 0 Å². The van der Waals surface area contributed by atoms with Gasteiger partial charge in [-0.15, -0.1) is 0 Å². The Morgan fingerprint density at radius 3 is 2.62 bits per heavy atom. The van der Waals surface area contributed by atoms with Crippen LogP contribution in [0.25, 0.3) is 10.9 Å². The van der Waals surface area contributed by atoms with E-state index < -0.39 is 17.3 Å². The summed E-state index contributed by atoms with van der Waals surface area (Å²) in [4.78, 5) is 15.8. The first-order chi connectivity index (χ1) is 11.3. The largest absolute Gasteiger partial charge is 0.359 e. The highest BCUT2D eigenvalue weighted by Crippen LogP contribution is 2.29. The van der Waals surface area contributed by atoms with Crippen molar-refractivity contribution in [2.24, 2.45) is 5.73 Å². The molecule has 24 heavy (non-hydrogen) atoms. The van der Waals surface area contributed by atoms with Gasteiger partial charge < -0.3 is 16.0 Å². The molecule has 2 aromatic carbocycles. The molecule has 0 radical (unpaired) electrons. The van der Waals surface area contributed by atoms with E-state index in [4.69, 9.17) is 5.73 Å². The van der Waals surface area contributed by atoms with Gasteiger partial charge in [-0.3, -0.25) is 4.79 Å². The van der Waals surface area contributed by atoms with Crippen molar-refractivity contribution in [3.63, 3.8) is 0 Å². The van der Waals surface area contributed by atoms with Crippen LogP contribution in [0.3, 0.4) is 0 Å². The number of nitrogens with two attached hydrogens (primary N) is 1. The van der Waals surface area contributed by atoms with Crippen molar-refractivity contribution in [3.8, 4) is 0 Å². The predicted octanol–water partition coefficient (Wildman–Crippen LogP) is 4.64. The Morgan fingerprint density at radius 1 is 1.21 bits per heavy atom. The van der Waals surface area contributed by atoms with Crippen molar-refractivity contribution < 1.29 is 9.18 Å². The van der Waals surface area contributed by atoms with Gasteiger partial charge in [-0.25, -0.2) is 4.39 Å². The average Bonchev–Trinajstić information content (AvgIpc) is 2.91. The fraction of sp³-hybridized carbons (Fsp3) is 0.118. The second kappa shape index (κ2) is 6.31. The van der Waals surface area contributed by atoms with E-state index in [0.29, 0.717) is 10.2 Å². The van der Waals surface area contributed by atoms with Crippen LogP contribution in [-0.4, -0.2) is 10.9 Å². The van der Waals surface area contributed by atoms with Crippen LogP contribution in [0.1, 0.15) is 12.5 Å². The van der Waals surface area contributed by atoms with E-state index in [0.717, 1.165) is 15.4 Å². The molecule has 3 aromatic rings. The number of benzene rings is 2. The average molecular weight is 455 g/mol. The number of fused-ring (bicyclic) bond motifs is 1. The Bertz CT molecular complexity index is 937. The minimum absolute atomic E-state index is 0.121. The number of carbonyl (C=O) groups is 1. The fourth-order valence-corrected chi connectivity index (χ4v) is 3.19. The molecule has 1 amide bonds. The molecule has 0 aliphatic heterocycles. The number of hydrogen-bond acceptors (Lipinski definition) is 2. The van der Waals surface area contributed by atoms with E-state index >= 15 is 0 Å². The van der Waals surface area contributed by atoms with Crippen LogP contribution < -0.4 is 11.1 Å². The second-order valence-electron chi connectivity index (χ2n) is 5.67. The molecule has 1 atom stereocenters. The molecule has 1 heterocycles. The molecular formula is C17H14Br2FN3O. The van der Waals surface area contributed by atoms with Crippen LogP contribution in [0.4, 0.5) is 10.1 Å². The lowest BCUT2D eigenvalue weighted by Gasteiger charge is -2.24. The molecule has 0 spiro atoms. The number of aromatic amines is 1. The zero-order valence-corrected chi connectivity index (χ0v) is 15.8. The third-order valence-electron chi connectivity index (χ3n) is 3.85. The monoisotopic (exact) mass is 453 g/mol. The lowest BCUT2D eigenvalue weighted by atomic mass is 9.91. The number of amides is 1. The van der Waals surface area contributed by atoms with E-state index in [2.05, 4.69) is 42.2 Å². The third-order valence-corrected chi connectivity index (χ3v) is 4.84. The lowest BCUT2D eigenvalue weighted by molar-refractivity contribution is -0.121. The van der Waals surface area contributed by atoms with Crippen molar-refractivity contribution in [2.45, 2.75) is 12.5 Å². The van der Waals surface area contributed by atoms with Gasteiger partial charge in [0.25, 0.3) is 0 Å². The number of anilines is 1. The quantitative estimate of drug-likeness (QED) is 0.539. The molecule has 1 aromatic heterocycles. The minimum atomic E-state index is -1.52. The number of H-pyrrole nitrogens is 1. The maximum absolute atomic E-state index is 14.1. The zero-order chi connectivity index (χ0) is 17.5.